The van der Waals surface area contributed by atoms with E-state index in [1.165, 1.54) is 42.2 Å². The number of sulfonamides is 1. The molecule has 0 aliphatic carbocycles. The van der Waals surface area contributed by atoms with Crippen molar-refractivity contribution in [3.05, 3.63) is 77.8 Å². The third-order valence-corrected chi connectivity index (χ3v) is 6.60. The summed E-state index contributed by atoms with van der Waals surface area (Å²) in [5.74, 6) is 0.123. The van der Waals surface area contributed by atoms with Crippen molar-refractivity contribution in [2.45, 2.75) is 38.0 Å². The molecule has 2 aromatic carbocycles. The zero-order chi connectivity index (χ0) is 23.6. The maximum atomic E-state index is 12.6. The van der Waals surface area contributed by atoms with E-state index in [-0.39, 0.29) is 23.2 Å². The number of amides is 1. The zero-order valence-electron chi connectivity index (χ0n) is 18.5. The first-order valence-corrected chi connectivity index (χ1v) is 11.9. The lowest BCUT2D eigenvalue weighted by molar-refractivity contribution is -0.115. The van der Waals surface area contributed by atoms with Gasteiger partial charge in [-0.2, -0.15) is 0 Å². The molecule has 170 valence electrons. The first-order chi connectivity index (χ1) is 15.7. The summed E-state index contributed by atoms with van der Waals surface area (Å²) in [7, 11) is -3.84. The van der Waals surface area contributed by atoms with Gasteiger partial charge in [-0.1, -0.05) is 13.8 Å². The van der Waals surface area contributed by atoms with Crippen LogP contribution < -0.4 is 10.0 Å². The highest BCUT2D eigenvalue weighted by Gasteiger charge is 2.17. The molecule has 0 saturated heterocycles. The summed E-state index contributed by atoms with van der Waals surface area (Å²) in [6, 6.07) is 11.6. The molecule has 2 heterocycles. The fourth-order valence-electron chi connectivity index (χ4n) is 3.63. The Morgan fingerprint density at radius 1 is 1.09 bits per heavy atom. The highest BCUT2D eigenvalue weighted by Crippen LogP contribution is 2.29. The molecule has 8 nitrogen and oxygen atoms in total. The van der Waals surface area contributed by atoms with Crippen LogP contribution in [-0.2, 0) is 21.2 Å². The summed E-state index contributed by atoms with van der Waals surface area (Å²) in [6.45, 7) is 6.32. The molecule has 0 aliphatic heterocycles. The standard InChI is InChI=1S/C24H24N4O4S/c1-15(2)20-13-21-17(14-32-22(21)11-16(20)3)12-23(29)27-18-5-7-19(8-6-18)33(30,31)28-24-25-9-4-10-26-24/h4-11,13-15H,12H2,1-3H3,(H,27,29)(H,25,26,28). The Labute approximate surface area is 192 Å². The van der Waals surface area contributed by atoms with Crippen LogP contribution in [0.3, 0.4) is 0 Å². The van der Waals surface area contributed by atoms with E-state index in [1.807, 2.05) is 6.07 Å². The van der Waals surface area contributed by atoms with Crippen LogP contribution in [-0.4, -0.2) is 24.3 Å². The first-order valence-electron chi connectivity index (χ1n) is 10.4. The first kappa shape index (κ1) is 22.5. The van der Waals surface area contributed by atoms with Gasteiger partial charge in [0.15, 0.2) is 0 Å². The molecule has 0 aliphatic rings. The lowest BCUT2D eigenvalue weighted by atomic mass is 9.95. The van der Waals surface area contributed by atoms with Crippen LogP contribution >= 0.6 is 0 Å². The molecule has 0 radical (unpaired) electrons. The van der Waals surface area contributed by atoms with Crippen LogP contribution in [0.15, 0.2) is 70.4 Å². The SMILES string of the molecule is Cc1cc2occ(CC(=O)Nc3ccc(S(=O)(=O)Nc4ncccn4)cc3)c2cc1C(C)C. The van der Waals surface area contributed by atoms with Gasteiger partial charge in [0.25, 0.3) is 10.0 Å². The van der Waals surface area contributed by atoms with Crippen LogP contribution in [0, 0.1) is 6.92 Å². The number of hydrogen-bond acceptors (Lipinski definition) is 6. The molecule has 33 heavy (non-hydrogen) atoms. The predicted octanol–water partition coefficient (Wildman–Crippen LogP) is 4.64. The second-order valence-electron chi connectivity index (χ2n) is 8.05. The van der Waals surface area contributed by atoms with Gasteiger partial charge in [0, 0.05) is 29.0 Å². The molecular weight excluding hydrogens is 440 g/mol. The largest absolute Gasteiger partial charge is 0.464 e. The Morgan fingerprint density at radius 3 is 2.45 bits per heavy atom. The lowest BCUT2D eigenvalue weighted by Crippen LogP contribution is -2.16. The Kier molecular flexibility index (Phi) is 6.15. The highest BCUT2D eigenvalue weighted by atomic mass is 32.2. The summed E-state index contributed by atoms with van der Waals surface area (Å²) < 4.78 is 32.9. The molecule has 2 aromatic heterocycles. The Hall–Kier alpha value is -3.72. The van der Waals surface area contributed by atoms with E-state index in [2.05, 4.69) is 46.8 Å². The summed E-state index contributed by atoms with van der Waals surface area (Å²) in [5, 5.41) is 3.73. The van der Waals surface area contributed by atoms with Crippen LogP contribution in [0.4, 0.5) is 11.6 Å². The number of anilines is 2. The van der Waals surface area contributed by atoms with Crippen molar-refractivity contribution in [3.63, 3.8) is 0 Å². The number of carbonyl (C=O) groups is 1. The van der Waals surface area contributed by atoms with Gasteiger partial charge in [0.05, 0.1) is 17.6 Å². The van der Waals surface area contributed by atoms with Gasteiger partial charge in [-0.25, -0.2) is 23.1 Å². The number of rotatable bonds is 7. The van der Waals surface area contributed by atoms with Crippen LogP contribution in [0.1, 0.15) is 36.5 Å². The van der Waals surface area contributed by atoms with Gasteiger partial charge >= 0.3 is 0 Å². The fraction of sp³-hybridized carbons (Fsp3) is 0.208. The average molecular weight is 465 g/mol. The minimum atomic E-state index is -3.84. The number of fused-ring (bicyclic) bond motifs is 1. The number of benzene rings is 2. The second kappa shape index (κ2) is 9.03. The number of hydrogen-bond donors (Lipinski definition) is 2. The fourth-order valence-corrected chi connectivity index (χ4v) is 4.59. The predicted molar refractivity (Wildman–Crippen MR) is 127 cm³/mol. The molecule has 0 saturated carbocycles. The van der Waals surface area contributed by atoms with Crippen molar-refractivity contribution < 1.29 is 17.6 Å². The van der Waals surface area contributed by atoms with Gasteiger partial charge in [0.2, 0.25) is 11.9 Å². The molecule has 9 heteroatoms. The Bertz CT molecular complexity index is 1400. The third-order valence-electron chi connectivity index (χ3n) is 5.26. The molecule has 4 rings (SSSR count). The molecule has 0 spiro atoms. The van der Waals surface area contributed by atoms with Crippen molar-refractivity contribution in [1.82, 2.24) is 9.97 Å². The summed E-state index contributed by atoms with van der Waals surface area (Å²) in [5.41, 5.74) is 4.42. The van der Waals surface area contributed by atoms with Gasteiger partial charge in [0.1, 0.15) is 5.58 Å². The normalized spacial score (nSPS) is 11.6. The molecule has 0 fully saturated rings. The minimum absolute atomic E-state index is 0.0157. The van der Waals surface area contributed by atoms with Crippen LogP contribution in [0.25, 0.3) is 11.0 Å². The van der Waals surface area contributed by atoms with Crippen molar-refractivity contribution in [3.8, 4) is 0 Å². The number of nitrogens with zero attached hydrogens (tertiary/aromatic N) is 2. The van der Waals surface area contributed by atoms with E-state index >= 15 is 0 Å². The number of aromatic nitrogens is 2. The maximum Gasteiger partial charge on any atom is 0.264 e. The van der Waals surface area contributed by atoms with E-state index in [4.69, 9.17) is 4.42 Å². The molecule has 0 atom stereocenters. The monoisotopic (exact) mass is 464 g/mol. The quantitative estimate of drug-likeness (QED) is 0.412. The van der Waals surface area contributed by atoms with Gasteiger partial charge < -0.3 is 9.73 Å². The molecular formula is C24H24N4O4S. The molecule has 0 unspecified atom stereocenters. The third kappa shape index (κ3) is 5.04. The minimum Gasteiger partial charge on any atom is -0.464 e. The highest BCUT2D eigenvalue weighted by molar-refractivity contribution is 7.92. The van der Waals surface area contributed by atoms with E-state index in [0.29, 0.717) is 11.6 Å². The van der Waals surface area contributed by atoms with E-state index in [1.54, 1.807) is 12.3 Å². The second-order valence-corrected chi connectivity index (χ2v) is 9.73. The Morgan fingerprint density at radius 2 is 1.79 bits per heavy atom. The van der Waals surface area contributed by atoms with Gasteiger partial charge in [-0.3, -0.25) is 4.79 Å². The van der Waals surface area contributed by atoms with Crippen molar-refractivity contribution in [1.29, 1.82) is 0 Å². The maximum absolute atomic E-state index is 12.6. The number of furan rings is 1. The van der Waals surface area contributed by atoms with E-state index in [0.717, 1.165) is 22.1 Å². The smallest absolute Gasteiger partial charge is 0.264 e. The van der Waals surface area contributed by atoms with Crippen LogP contribution in [0.2, 0.25) is 0 Å². The summed E-state index contributed by atoms with van der Waals surface area (Å²) in [4.78, 5) is 20.4. The molecule has 4 aromatic rings. The van der Waals surface area contributed by atoms with Crippen LogP contribution in [0.5, 0.6) is 0 Å². The number of nitrogens with one attached hydrogen (secondary N) is 2. The molecule has 2 N–H and O–H groups in total. The zero-order valence-corrected chi connectivity index (χ0v) is 19.3. The van der Waals surface area contributed by atoms with E-state index in [9.17, 15) is 13.2 Å². The van der Waals surface area contributed by atoms with Gasteiger partial charge in [-0.15, -0.1) is 0 Å². The van der Waals surface area contributed by atoms with E-state index < -0.39 is 10.0 Å². The lowest BCUT2D eigenvalue weighted by Gasteiger charge is -2.10. The molecule has 0 bridgehead atoms. The summed E-state index contributed by atoms with van der Waals surface area (Å²) in [6.07, 6.45) is 4.64. The van der Waals surface area contributed by atoms with Crippen molar-refractivity contribution in [2.24, 2.45) is 0 Å². The van der Waals surface area contributed by atoms with Crippen molar-refractivity contribution >= 4 is 38.5 Å². The topological polar surface area (TPSA) is 114 Å². The average Bonchev–Trinajstić information content (AvgIpc) is 3.15. The summed E-state index contributed by atoms with van der Waals surface area (Å²) >= 11 is 0. The van der Waals surface area contributed by atoms with Gasteiger partial charge in [-0.05, 0) is 66.4 Å². The molecule has 1 amide bonds. The number of carbonyl (C=O) groups excluding carboxylic acids is 1. The number of aryl methyl sites for hydroxylation is 1. The Balaban J connectivity index is 1.46. The van der Waals surface area contributed by atoms with Crippen molar-refractivity contribution in [2.75, 3.05) is 10.0 Å².